The van der Waals surface area contributed by atoms with Crippen LogP contribution in [0.15, 0.2) is 35.8 Å². The van der Waals surface area contributed by atoms with Crippen molar-refractivity contribution in [1.82, 2.24) is 25.4 Å². The first-order chi connectivity index (χ1) is 14.1. The van der Waals surface area contributed by atoms with Gasteiger partial charge in [-0.1, -0.05) is 6.07 Å². The fourth-order valence-corrected chi connectivity index (χ4v) is 2.75. The first-order valence-corrected chi connectivity index (χ1v) is 9.74. The molecule has 1 aromatic carbocycles. The molecule has 0 spiro atoms. The number of aryl methyl sites for hydroxylation is 1. The predicted molar refractivity (Wildman–Crippen MR) is 125 cm³/mol. The average Bonchev–Trinajstić information content (AvgIpc) is 3.16. The van der Waals surface area contributed by atoms with E-state index in [1.165, 1.54) is 6.07 Å². The number of nitrogens with one attached hydrogen (secondary N) is 2. The summed E-state index contributed by atoms with van der Waals surface area (Å²) in [5.74, 6) is 0.636. The van der Waals surface area contributed by atoms with Gasteiger partial charge < -0.3 is 19.9 Å². The van der Waals surface area contributed by atoms with E-state index in [4.69, 9.17) is 4.74 Å². The standard InChI is InChI=1S/C20H29F3N6O.HI/c1-19(2,3)30-16-8-7-15(17(11-16)20(21,22)23)12-26-18(24-4)25-9-5-6-10-29-13-27-28-14-29;/h7-8,11,13-14H,5-6,9-10,12H2,1-4H3,(H2,24,25,26);1H. The molecule has 0 saturated carbocycles. The van der Waals surface area contributed by atoms with Crippen LogP contribution in [0.5, 0.6) is 5.75 Å². The number of unbranched alkanes of at least 4 members (excludes halogenated alkanes) is 1. The van der Waals surface area contributed by atoms with Gasteiger partial charge in [0.25, 0.3) is 0 Å². The lowest BCUT2D eigenvalue weighted by molar-refractivity contribution is -0.138. The van der Waals surface area contributed by atoms with Crippen LogP contribution in [0.4, 0.5) is 13.2 Å². The molecular weight excluding hydrogens is 524 g/mol. The molecule has 7 nitrogen and oxygen atoms in total. The molecule has 0 unspecified atom stereocenters. The van der Waals surface area contributed by atoms with Crippen molar-refractivity contribution >= 4 is 29.9 Å². The fourth-order valence-electron chi connectivity index (χ4n) is 2.75. The Labute approximate surface area is 197 Å². The second kappa shape index (κ2) is 12.1. The fraction of sp³-hybridized carbons (Fsp3) is 0.550. The number of hydrogen-bond donors (Lipinski definition) is 2. The number of benzene rings is 1. The Kier molecular flexibility index (Phi) is 10.5. The Hall–Kier alpha value is -2.05. The monoisotopic (exact) mass is 554 g/mol. The van der Waals surface area contributed by atoms with Gasteiger partial charge in [0.15, 0.2) is 5.96 Å². The number of rotatable bonds is 8. The summed E-state index contributed by atoms with van der Waals surface area (Å²) in [6.45, 7) is 6.81. The number of hydrogen-bond acceptors (Lipinski definition) is 4. The van der Waals surface area contributed by atoms with Crippen LogP contribution < -0.4 is 15.4 Å². The van der Waals surface area contributed by atoms with Gasteiger partial charge in [-0.15, -0.1) is 34.2 Å². The molecule has 174 valence electrons. The molecule has 0 saturated heterocycles. The van der Waals surface area contributed by atoms with E-state index >= 15 is 0 Å². The number of aromatic nitrogens is 3. The van der Waals surface area contributed by atoms with Gasteiger partial charge in [-0.2, -0.15) is 13.2 Å². The van der Waals surface area contributed by atoms with Crippen molar-refractivity contribution in [2.24, 2.45) is 4.99 Å². The van der Waals surface area contributed by atoms with Crippen molar-refractivity contribution < 1.29 is 17.9 Å². The summed E-state index contributed by atoms with van der Waals surface area (Å²) in [6.07, 6.45) is 0.613. The molecule has 0 fully saturated rings. The predicted octanol–water partition coefficient (Wildman–Crippen LogP) is 4.24. The lowest BCUT2D eigenvalue weighted by atomic mass is 10.1. The number of alkyl halides is 3. The molecular formula is C20H30F3IN6O. The van der Waals surface area contributed by atoms with E-state index in [1.54, 1.807) is 46.5 Å². The molecule has 2 aromatic rings. The molecule has 0 aliphatic rings. The third-order valence-corrected chi connectivity index (χ3v) is 4.08. The number of ether oxygens (including phenoxy) is 1. The van der Waals surface area contributed by atoms with E-state index in [-0.39, 0.29) is 41.8 Å². The molecule has 11 heteroatoms. The molecule has 1 heterocycles. The van der Waals surface area contributed by atoms with Crippen LogP contribution >= 0.6 is 24.0 Å². The lowest BCUT2D eigenvalue weighted by Crippen LogP contribution is -2.37. The zero-order valence-electron chi connectivity index (χ0n) is 18.2. The van der Waals surface area contributed by atoms with Crippen LogP contribution in [0, 0.1) is 0 Å². The minimum atomic E-state index is -4.48. The van der Waals surface area contributed by atoms with Crippen molar-refractivity contribution in [1.29, 1.82) is 0 Å². The van der Waals surface area contributed by atoms with Gasteiger partial charge in [-0.3, -0.25) is 4.99 Å². The molecule has 0 bridgehead atoms. The van der Waals surface area contributed by atoms with Crippen molar-refractivity contribution in [3.8, 4) is 5.75 Å². The van der Waals surface area contributed by atoms with Gasteiger partial charge in [0, 0.05) is 26.7 Å². The van der Waals surface area contributed by atoms with Crippen molar-refractivity contribution in [3.05, 3.63) is 42.0 Å². The Morgan fingerprint density at radius 1 is 1.10 bits per heavy atom. The highest BCUT2D eigenvalue weighted by molar-refractivity contribution is 14.0. The average molecular weight is 554 g/mol. The van der Waals surface area contributed by atoms with Gasteiger partial charge in [-0.25, -0.2) is 0 Å². The summed E-state index contributed by atoms with van der Waals surface area (Å²) >= 11 is 0. The molecule has 0 aliphatic carbocycles. The number of guanidine groups is 1. The molecule has 0 aliphatic heterocycles. The van der Waals surface area contributed by atoms with Crippen molar-refractivity contribution in [3.63, 3.8) is 0 Å². The summed E-state index contributed by atoms with van der Waals surface area (Å²) in [6, 6.07) is 4.03. The molecule has 31 heavy (non-hydrogen) atoms. The van der Waals surface area contributed by atoms with E-state index < -0.39 is 17.3 Å². The Bertz CT molecular complexity index is 819. The Morgan fingerprint density at radius 2 is 1.77 bits per heavy atom. The smallest absolute Gasteiger partial charge is 0.416 e. The zero-order chi connectivity index (χ0) is 22.2. The largest absolute Gasteiger partial charge is 0.488 e. The van der Waals surface area contributed by atoms with Crippen molar-refractivity contribution in [2.45, 2.75) is 58.5 Å². The van der Waals surface area contributed by atoms with E-state index in [9.17, 15) is 13.2 Å². The van der Waals surface area contributed by atoms with E-state index in [0.717, 1.165) is 25.5 Å². The highest BCUT2D eigenvalue weighted by atomic mass is 127. The number of halogens is 4. The van der Waals surface area contributed by atoms with E-state index in [2.05, 4.69) is 25.8 Å². The van der Waals surface area contributed by atoms with Gasteiger partial charge >= 0.3 is 6.18 Å². The summed E-state index contributed by atoms with van der Waals surface area (Å²) in [4.78, 5) is 4.07. The second-order valence-electron chi connectivity index (χ2n) is 7.79. The Morgan fingerprint density at radius 3 is 2.35 bits per heavy atom. The summed E-state index contributed by atoms with van der Waals surface area (Å²) in [5, 5.41) is 13.5. The molecule has 2 rings (SSSR count). The van der Waals surface area contributed by atoms with Crippen LogP contribution in [0.25, 0.3) is 0 Å². The lowest BCUT2D eigenvalue weighted by Gasteiger charge is -2.23. The maximum absolute atomic E-state index is 13.5. The van der Waals surface area contributed by atoms with Gasteiger partial charge in [-0.05, 0) is 51.3 Å². The van der Waals surface area contributed by atoms with Crippen LogP contribution in [0.2, 0.25) is 0 Å². The molecule has 2 N–H and O–H groups in total. The number of aliphatic imine (C=N–C) groups is 1. The third kappa shape index (κ3) is 9.74. The van der Waals surface area contributed by atoms with Crippen LogP contribution in [0.1, 0.15) is 44.7 Å². The van der Waals surface area contributed by atoms with Gasteiger partial charge in [0.2, 0.25) is 0 Å². The molecule has 0 amide bonds. The van der Waals surface area contributed by atoms with Crippen LogP contribution in [-0.4, -0.2) is 39.9 Å². The quantitative estimate of drug-likeness (QED) is 0.221. The van der Waals surface area contributed by atoms with E-state index in [1.807, 2.05) is 4.57 Å². The molecule has 0 radical (unpaired) electrons. The maximum atomic E-state index is 13.5. The number of nitrogens with zero attached hydrogens (tertiary/aromatic N) is 4. The zero-order valence-corrected chi connectivity index (χ0v) is 20.5. The summed E-state index contributed by atoms with van der Waals surface area (Å²) in [7, 11) is 1.58. The van der Waals surface area contributed by atoms with Gasteiger partial charge in [0.05, 0.1) is 5.56 Å². The molecule has 0 atom stereocenters. The maximum Gasteiger partial charge on any atom is 0.416 e. The second-order valence-corrected chi connectivity index (χ2v) is 7.79. The highest BCUT2D eigenvalue weighted by Gasteiger charge is 2.34. The highest BCUT2D eigenvalue weighted by Crippen LogP contribution is 2.35. The molecule has 1 aromatic heterocycles. The van der Waals surface area contributed by atoms with Gasteiger partial charge in [0.1, 0.15) is 24.0 Å². The minimum absolute atomic E-state index is 0. The van der Waals surface area contributed by atoms with Crippen molar-refractivity contribution in [2.75, 3.05) is 13.6 Å². The first kappa shape index (κ1) is 27.0. The van der Waals surface area contributed by atoms with E-state index in [0.29, 0.717) is 12.5 Å². The van der Waals surface area contributed by atoms with Crippen LogP contribution in [-0.2, 0) is 19.3 Å². The summed E-state index contributed by atoms with van der Waals surface area (Å²) < 4.78 is 48.1. The third-order valence-electron chi connectivity index (χ3n) is 4.08. The topological polar surface area (TPSA) is 76.4 Å². The van der Waals surface area contributed by atoms with Crippen LogP contribution in [0.3, 0.4) is 0 Å². The normalized spacial score (nSPS) is 12.3. The summed E-state index contributed by atoms with van der Waals surface area (Å²) in [5.41, 5.74) is -1.18. The first-order valence-electron chi connectivity index (χ1n) is 9.74. The SMILES string of the molecule is CN=C(NCCCCn1cnnc1)NCc1ccc(OC(C)(C)C)cc1C(F)(F)F.I. The minimum Gasteiger partial charge on any atom is -0.488 e. The Balaban J connectivity index is 0.00000480.